The Bertz CT molecular complexity index is 928. The number of nitrogens with zero attached hydrogens (tertiary/aromatic N) is 1. The summed E-state index contributed by atoms with van der Waals surface area (Å²) in [4.78, 5) is 0. The van der Waals surface area contributed by atoms with E-state index in [0.717, 1.165) is 22.6 Å². The monoisotopic (exact) mass is 360 g/mol. The first kappa shape index (κ1) is 17.6. The molecule has 3 rings (SSSR count). The summed E-state index contributed by atoms with van der Waals surface area (Å²) in [6.07, 6.45) is 1.78. The van der Waals surface area contributed by atoms with Crippen LogP contribution in [-0.4, -0.2) is 0 Å². The van der Waals surface area contributed by atoms with Crippen molar-refractivity contribution in [2.24, 2.45) is 0 Å². The van der Waals surface area contributed by atoms with Crippen molar-refractivity contribution in [3.63, 3.8) is 0 Å². The zero-order valence-corrected chi connectivity index (χ0v) is 14.8. The van der Waals surface area contributed by atoms with E-state index in [1.54, 1.807) is 18.2 Å². The molecule has 128 valence electrons. The van der Waals surface area contributed by atoms with Gasteiger partial charge < -0.3 is 10.1 Å². The Morgan fingerprint density at radius 3 is 2.46 bits per heavy atom. The van der Waals surface area contributed by atoms with Gasteiger partial charge in [-0.3, -0.25) is 0 Å². The van der Waals surface area contributed by atoms with E-state index in [4.69, 9.17) is 16.3 Å². The largest absolute Gasteiger partial charge is 0.489 e. The van der Waals surface area contributed by atoms with Crippen molar-refractivity contribution >= 4 is 23.4 Å². The van der Waals surface area contributed by atoms with Crippen molar-refractivity contribution in [1.29, 1.82) is 5.26 Å². The molecule has 0 amide bonds. The molecular formula is C22H17ClN2O. The van der Waals surface area contributed by atoms with Gasteiger partial charge in [-0.2, -0.15) is 5.26 Å². The van der Waals surface area contributed by atoms with E-state index in [9.17, 15) is 5.26 Å². The minimum absolute atomic E-state index is 0.435. The predicted molar refractivity (Wildman–Crippen MR) is 106 cm³/mol. The molecule has 0 aliphatic carbocycles. The maximum Gasteiger partial charge on any atom is 0.119 e. The Labute approximate surface area is 158 Å². The molecule has 0 saturated heterocycles. The van der Waals surface area contributed by atoms with Crippen molar-refractivity contribution in [3.8, 4) is 11.8 Å². The summed E-state index contributed by atoms with van der Waals surface area (Å²) in [6.45, 7) is 0.524. The number of halogens is 1. The molecule has 0 aromatic heterocycles. The van der Waals surface area contributed by atoms with Crippen molar-refractivity contribution in [3.05, 3.63) is 101 Å². The van der Waals surface area contributed by atoms with E-state index in [1.807, 2.05) is 66.7 Å². The first-order chi connectivity index (χ1) is 12.7. The minimum atomic E-state index is 0.435. The van der Waals surface area contributed by atoms with Crippen LogP contribution in [0, 0.1) is 11.3 Å². The molecule has 0 radical (unpaired) electrons. The van der Waals surface area contributed by atoms with E-state index in [1.165, 1.54) is 0 Å². The Kier molecular flexibility index (Phi) is 5.92. The zero-order valence-electron chi connectivity index (χ0n) is 14.0. The molecule has 0 saturated carbocycles. The van der Waals surface area contributed by atoms with Gasteiger partial charge in [0.1, 0.15) is 24.1 Å². The normalized spacial score (nSPS) is 10.8. The van der Waals surface area contributed by atoms with E-state index < -0.39 is 0 Å². The molecule has 0 unspecified atom stereocenters. The van der Waals surface area contributed by atoms with Gasteiger partial charge in [-0.1, -0.05) is 60.1 Å². The molecule has 3 aromatic carbocycles. The fraction of sp³-hybridized carbons (Fsp3) is 0.0455. The summed E-state index contributed by atoms with van der Waals surface area (Å²) >= 11 is 5.97. The van der Waals surface area contributed by atoms with Crippen molar-refractivity contribution in [2.75, 3.05) is 5.32 Å². The van der Waals surface area contributed by atoms with Gasteiger partial charge in [-0.05, 0) is 47.5 Å². The summed E-state index contributed by atoms with van der Waals surface area (Å²) in [5.74, 6) is 0.785. The number of rotatable bonds is 6. The zero-order chi connectivity index (χ0) is 18.2. The van der Waals surface area contributed by atoms with Gasteiger partial charge in [0.05, 0.1) is 0 Å². The lowest BCUT2D eigenvalue weighted by Crippen LogP contribution is -1.97. The van der Waals surface area contributed by atoms with Crippen molar-refractivity contribution in [1.82, 2.24) is 0 Å². The molecule has 1 N–H and O–H groups in total. The predicted octanol–water partition coefficient (Wildman–Crippen LogP) is 5.90. The van der Waals surface area contributed by atoms with Gasteiger partial charge in [-0.25, -0.2) is 0 Å². The second kappa shape index (κ2) is 8.75. The van der Waals surface area contributed by atoms with Gasteiger partial charge >= 0.3 is 0 Å². The maximum atomic E-state index is 9.34. The highest BCUT2D eigenvalue weighted by molar-refractivity contribution is 6.30. The van der Waals surface area contributed by atoms with Crippen LogP contribution in [0.3, 0.4) is 0 Å². The average molecular weight is 361 g/mol. The van der Waals surface area contributed by atoms with Gasteiger partial charge in [0, 0.05) is 10.7 Å². The Balaban J connectivity index is 1.65. The minimum Gasteiger partial charge on any atom is -0.489 e. The van der Waals surface area contributed by atoms with Crippen molar-refractivity contribution in [2.45, 2.75) is 6.61 Å². The first-order valence-electron chi connectivity index (χ1n) is 8.14. The molecular weight excluding hydrogens is 344 g/mol. The second-order valence-corrected chi connectivity index (χ2v) is 6.08. The maximum absolute atomic E-state index is 9.34. The van der Waals surface area contributed by atoms with Crippen LogP contribution in [0.5, 0.6) is 5.75 Å². The molecule has 0 bridgehead atoms. The van der Waals surface area contributed by atoms with Gasteiger partial charge in [0.2, 0.25) is 0 Å². The summed E-state index contributed by atoms with van der Waals surface area (Å²) < 4.78 is 5.77. The summed E-state index contributed by atoms with van der Waals surface area (Å²) in [5.41, 5.74) is 3.23. The number of hydrogen-bond donors (Lipinski definition) is 1. The van der Waals surface area contributed by atoms with Crippen LogP contribution >= 0.6 is 11.6 Å². The molecule has 0 heterocycles. The molecule has 0 aliphatic rings. The van der Waals surface area contributed by atoms with Crippen LogP contribution < -0.4 is 10.1 Å². The molecule has 0 atom stereocenters. The van der Waals surface area contributed by atoms with E-state index in [0.29, 0.717) is 17.3 Å². The number of benzene rings is 3. The quantitative estimate of drug-likeness (QED) is 0.557. The van der Waals surface area contributed by atoms with E-state index >= 15 is 0 Å². The molecule has 0 aliphatic heterocycles. The fourth-order valence-electron chi connectivity index (χ4n) is 2.39. The van der Waals surface area contributed by atoms with Gasteiger partial charge in [0.25, 0.3) is 0 Å². The molecule has 3 aromatic rings. The molecule has 3 nitrogen and oxygen atoms in total. The summed E-state index contributed by atoms with van der Waals surface area (Å²) in [6, 6.07) is 27.0. The second-order valence-electron chi connectivity index (χ2n) is 5.65. The number of nitriles is 1. The number of nitrogens with one attached hydrogen (secondary N) is 1. The lowest BCUT2D eigenvalue weighted by atomic mass is 10.2. The Morgan fingerprint density at radius 1 is 1.00 bits per heavy atom. The first-order valence-corrected chi connectivity index (χ1v) is 8.52. The highest BCUT2D eigenvalue weighted by atomic mass is 35.5. The number of anilines is 1. The Hall–Kier alpha value is -3.22. The Morgan fingerprint density at radius 2 is 1.77 bits per heavy atom. The highest BCUT2D eigenvalue weighted by Gasteiger charge is 2.00. The van der Waals surface area contributed by atoms with Crippen LogP contribution in [0.25, 0.3) is 6.08 Å². The van der Waals surface area contributed by atoms with E-state index in [-0.39, 0.29) is 0 Å². The van der Waals surface area contributed by atoms with Crippen LogP contribution in [-0.2, 0) is 6.61 Å². The van der Waals surface area contributed by atoms with Crippen LogP contribution in [0.2, 0.25) is 5.02 Å². The highest BCUT2D eigenvalue weighted by Crippen LogP contribution is 2.19. The summed E-state index contributed by atoms with van der Waals surface area (Å²) in [7, 11) is 0. The molecule has 26 heavy (non-hydrogen) atoms. The third kappa shape index (κ3) is 5.14. The van der Waals surface area contributed by atoms with Gasteiger partial charge in [-0.15, -0.1) is 0 Å². The third-order valence-corrected chi connectivity index (χ3v) is 3.90. The topological polar surface area (TPSA) is 45.0 Å². The molecule has 0 spiro atoms. The molecule has 0 fully saturated rings. The SMILES string of the molecule is N#CC(=Cc1ccc(OCc2ccccc2)cc1)Nc1cccc(Cl)c1. The van der Waals surface area contributed by atoms with Crippen LogP contribution in [0.15, 0.2) is 84.6 Å². The van der Waals surface area contributed by atoms with Gasteiger partial charge in [0.15, 0.2) is 0 Å². The third-order valence-electron chi connectivity index (χ3n) is 3.66. The average Bonchev–Trinajstić information content (AvgIpc) is 2.68. The van der Waals surface area contributed by atoms with Crippen LogP contribution in [0.4, 0.5) is 5.69 Å². The number of allylic oxidation sites excluding steroid dienone is 1. The van der Waals surface area contributed by atoms with Crippen molar-refractivity contribution < 1.29 is 4.74 Å². The summed E-state index contributed by atoms with van der Waals surface area (Å²) in [5, 5.41) is 13.0. The van der Waals surface area contributed by atoms with Crippen LogP contribution in [0.1, 0.15) is 11.1 Å². The number of hydrogen-bond acceptors (Lipinski definition) is 3. The lowest BCUT2D eigenvalue weighted by molar-refractivity contribution is 0.306. The lowest BCUT2D eigenvalue weighted by Gasteiger charge is -2.07. The smallest absolute Gasteiger partial charge is 0.119 e. The van der Waals surface area contributed by atoms with E-state index in [2.05, 4.69) is 11.4 Å². The standard InChI is InChI=1S/C22H17ClN2O/c23-19-7-4-8-20(14-19)25-21(15-24)13-17-9-11-22(12-10-17)26-16-18-5-2-1-3-6-18/h1-14,25H,16H2. The fourth-order valence-corrected chi connectivity index (χ4v) is 2.58. The molecule has 4 heteroatoms. The number of ether oxygens (including phenoxy) is 1.